The molecule has 5 nitrogen and oxygen atoms in total. The highest BCUT2D eigenvalue weighted by Crippen LogP contribution is 2.21. The van der Waals surface area contributed by atoms with Crippen LogP contribution < -0.4 is 10.6 Å². The van der Waals surface area contributed by atoms with Crippen LogP contribution in [-0.4, -0.2) is 24.2 Å². The molecule has 2 aromatic rings. The molecule has 0 aliphatic heterocycles. The van der Waals surface area contributed by atoms with Gasteiger partial charge in [0, 0.05) is 30.0 Å². The smallest absolute Gasteiger partial charge is 0.191 e. The molecule has 2 N–H and O–H groups in total. The average Bonchev–Trinajstić information content (AvgIpc) is 3.17. The van der Waals surface area contributed by atoms with E-state index in [9.17, 15) is 0 Å². The molecule has 0 aromatic carbocycles. The number of aromatic nitrogens is 1. The standard InChI is InChI=1S/C17H25ClN4OS/c1-4-14-13(15(5-2)23-22-14)11-21-17(19-6-3)20-10-9-12-7-8-16(18)24-12/h7-8H,4-6,9-11H2,1-3H3,(H2,19,20,21). The van der Waals surface area contributed by atoms with Crippen LogP contribution in [0.3, 0.4) is 0 Å². The van der Waals surface area contributed by atoms with Gasteiger partial charge in [-0.15, -0.1) is 11.3 Å². The van der Waals surface area contributed by atoms with E-state index >= 15 is 0 Å². The van der Waals surface area contributed by atoms with E-state index in [0.29, 0.717) is 6.54 Å². The van der Waals surface area contributed by atoms with Gasteiger partial charge in [-0.25, -0.2) is 4.99 Å². The summed E-state index contributed by atoms with van der Waals surface area (Å²) in [4.78, 5) is 5.95. The van der Waals surface area contributed by atoms with Crippen LogP contribution in [-0.2, 0) is 25.8 Å². The number of nitrogens with zero attached hydrogens (tertiary/aromatic N) is 2. The van der Waals surface area contributed by atoms with Gasteiger partial charge in [0.15, 0.2) is 5.96 Å². The van der Waals surface area contributed by atoms with Crippen LogP contribution in [0.1, 0.15) is 42.7 Å². The molecule has 132 valence electrons. The molecule has 0 saturated carbocycles. The normalized spacial score (nSPS) is 11.8. The molecule has 24 heavy (non-hydrogen) atoms. The second-order valence-corrected chi connectivity index (χ2v) is 7.12. The molecule has 0 aliphatic carbocycles. The molecule has 0 fully saturated rings. The maximum Gasteiger partial charge on any atom is 0.191 e. The first-order valence-electron chi connectivity index (χ1n) is 8.40. The molecule has 0 atom stereocenters. The number of hydrogen-bond acceptors (Lipinski definition) is 4. The van der Waals surface area contributed by atoms with Gasteiger partial charge < -0.3 is 15.2 Å². The average molecular weight is 369 g/mol. The lowest BCUT2D eigenvalue weighted by Gasteiger charge is -2.11. The number of thiophene rings is 1. The molecule has 0 unspecified atom stereocenters. The zero-order chi connectivity index (χ0) is 17.4. The van der Waals surface area contributed by atoms with E-state index in [-0.39, 0.29) is 0 Å². The van der Waals surface area contributed by atoms with Gasteiger partial charge in [0.25, 0.3) is 0 Å². The lowest BCUT2D eigenvalue weighted by atomic mass is 10.1. The second kappa shape index (κ2) is 9.69. The van der Waals surface area contributed by atoms with E-state index in [1.54, 1.807) is 11.3 Å². The zero-order valence-corrected chi connectivity index (χ0v) is 16.1. The maximum absolute atomic E-state index is 5.96. The topological polar surface area (TPSA) is 62.5 Å². The van der Waals surface area contributed by atoms with Crippen LogP contribution in [0.15, 0.2) is 21.6 Å². The van der Waals surface area contributed by atoms with Gasteiger partial charge in [-0.3, -0.25) is 0 Å². The number of aliphatic imine (C=N–C) groups is 1. The van der Waals surface area contributed by atoms with Crippen molar-refractivity contribution in [2.24, 2.45) is 4.99 Å². The third kappa shape index (κ3) is 5.24. The highest BCUT2D eigenvalue weighted by atomic mass is 35.5. The molecule has 0 spiro atoms. The number of nitrogens with one attached hydrogen (secondary N) is 2. The van der Waals surface area contributed by atoms with Crippen LogP contribution >= 0.6 is 22.9 Å². The SMILES string of the molecule is CCNC(=NCc1c(CC)noc1CC)NCCc1ccc(Cl)s1. The fraction of sp³-hybridized carbons (Fsp3) is 0.529. The molecular formula is C17H25ClN4OS. The molecule has 7 heteroatoms. The highest BCUT2D eigenvalue weighted by Gasteiger charge is 2.13. The van der Waals surface area contributed by atoms with Crippen molar-refractivity contribution in [3.63, 3.8) is 0 Å². The van der Waals surface area contributed by atoms with E-state index < -0.39 is 0 Å². The van der Waals surface area contributed by atoms with E-state index in [1.165, 1.54) is 4.88 Å². The molecule has 0 bridgehead atoms. The fourth-order valence-electron chi connectivity index (χ4n) is 2.41. The summed E-state index contributed by atoms with van der Waals surface area (Å²) < 4.78 is 6.23. The predicted octanol–water partition coefficient (Wildman–Crippen LogP) is 3.81. The Morgan fingerprint density at radius 2 is 2.08 bits per heavy atom. The first kappa shape index (κ1) is 18.8. The van der Waals surface area contributed by atoms with Crippen molar-refractivity contribution < 1.29 is 4.52 Å². The van der Waals surface area contributed by atoms with Gasteiger partial charge >= 0.3 is 0 Å². The fourth-order valence-corrected chi connectivity index (χ4v) is 3.49. The molecule has 2 heterocycles. The van der Waals surface area contributed by atoms with Crippen LogP contribution in [0.4, 0.5) is 0 Å². The van der Waals surface area contributed by atoms with Crippen molar-refractivity contribution >= 4 is 28.9 Å². The Hall–Kier alpha value is -1.53. The minimum atomic E-state index is 0.579. The van der Waals surface area contributed by atoms with Crippen LogP contribution in [0.5, 0.6) is 0 Å². The Labute approximate surface area is 152 Å². The number of halogens is 1. The van der Waals surface area contributed by atoms with E-state index in [4.69, 9.17) is 16.1 Å². The third-order valence-corrected chi connectivity index (χ3v) is 4.93. The lowest BCUT2D eigenvalue weighted by molar-refractivity contribution is 0.380. The quantitative estimate of drug-likeness (QED) is 0.549. The van der Waals surface area contributed by atoms with Crippen LogP contribution in [0, 0.1) is 0 Å². The summed E-state index contributed by atoms with van der Waals surface area (Å²) >= 11 is 7.58. The van der Waals surface area contributed by atoms with Gasteiger partial charge in [0.1, 0.15) is 5.76 Å². The Kier molecular flexibility index (Phi) is 7.59. The van der Waals surface area contributed by atoms with Crippen LogP contribution in [0.25, 0.3) is 0 Å². The van der Waals surface area contributed by atoms with Gasteiger partial charge in [-0.2, -0.15) is 0 Å². The summed E-state index contributed by atoms with van der Waals surface area (Å²) in [7, 11) is 0. The summed E-state index contributed by atoms with van der Waals surface area (Å²) in [5.74, 6) is 1.74. The largest absolute Gasteiger partial charge is 0.361 e. The first-order valence-corrected chi connectivity index (χ1v) is 9.60. The number of hydrogen-bond donors (Lipinski definition) is 2. The van der Waals surface area contributed by atoms with Crippen LogP contribution in [0.2, 0.25) is 4.34 Å². The Balaban J connectivity index is 1.96. The first-order chi connectivity index (χ1) is 11.7. The lowest BCUT2D eigenvalue weighted by Crippen LogP contribution is -2.38. The molecule has 0 amide bonds. The van der Waals surface area contributed by atoms with Crippen molar-refractivity contribution in [3.8, 4) is 0 Å². The minimum absolute atomic E-state index is 0.579. The van der Waals surface area contributed by atoms with E-state index in [0.717, 1.165) is 59.7 Å². The molecule has 2 aromatic heterocycles. The monoisotopic (exact) mass is 368 g/mol. The van der Waals surface area contributed by atoms with E-state index in [1.807, 2.05) is 6.07 Å². The number of guanidine groups is 1. The van der Waals surface area contributed by atoms with Gasteiger partial charge in [-0.05, 0) is 31.9 Å². The zero-order valence-electron chi connectivity index (χ0n) is 14.5. The van der Waals surface area contributed by atoms with Crippen molar-refractivity contribution in [1.82, 2.24) is 15.8 Å². The van der Waals surface area contributed by atoms with Gasteiger partial charge in [0.2, 0.25) is 0 Å². The van der Waals surface area contributed by atoms with E-state index in [2.05, 4.69) is 47.6 Å². The number of aryl methyl sites for hydroxylation is 2. The number of rotatable bonds is 8. The maximum atomic E-state index is 5.96. The Morgan fingerprint density at radius 3 is 2.71 bits per heavy atom. The molecule has 2 rings (SSSR count). The second-order valence-electron chi connectivity index (χ2n) is 5.32. The molecular weight excluding hydrogens is 344 g/mol. The predicted molar refractivity (Wildman–Crippen MR) is 101 cm³/mol. The summed E-state index contributed by atoms with van der Waals surface area (Å²) in [6.07, 6.45) is 2.62. The van der Waals surface area contributed by atoms with Crippen molar-refractivity contribution in [2.75, 3.05) is 13.1 Å². The molecule has 0 saturated heterocycles. The summed E-state index contributed by atoms with van der Waals surface area (Å²) in [5, 5.41) is 10.8. The minimum Gasteiger partial charge on any atom is -0.361 e. The summed E-state index contributed by atoms with van der Waals surface area (Å²) in [6.45, 7) is 8.43. The van der Waals surface area contributed by atoms with Gasteiger partial charge in [-0.1, -0.05) is 30.6 Å². The summed E-state index contributed by atoms with van der Waals surface area (Å²) in [6, 6.07) is 4.00. The molecule has 0 aliphatic rings. The van der Waals surface area contributed by atoms with Gasteiger partial charge in [0.05, 0.1) is 16.6 Å². The van der Waals surface area contributed by atoms with Crippen molar-refractivity contribution in [2.45, 2.75) is 46.6 Å². The third-order valence-electron chi connectivity index (χ3n) is 3.64. The Morgan fingerprint density at radius 1 is 1.25 bits per heavy atom. The Bertz CT molecular complexity index is 644. The molecule has 0 radical (unpaired) electrons. The van der Waals surface area contributed by atoms with Crippen molar-refractivity contribution in [1.29, 1.82) is 0 Å². The highest BCUT2D eigenvalue weighted by molar-refractivity contribution is 7.16. The van der Waals surface area contributed by atoms with Crippen molar-refractivity contribution in [3.05, 3.63) is 38.4 Å². The summed E-state index contributed by atoms with van der Waals surface area (Å²) in [5.41, 5.74) is 2.11.